The van der Waals surface area contributed by atoms with Gasteiger partial charge in [-0.3, -0.25) is 4.79 Å². The Morgan fingerprint density at radius 2 is 2.20 bits per heavy atom. The van der Waals surface area contributed by atoms with E-state index in [1.807, 2.05) is 0 Å². The lowest BCUT2D eigenvalue weighted by Gasteiger charge is -2.13. The van der Waals surface area contributed by atoms with E-state index in [-0.39, 0.29) is 23.9 Å². The molecular weight excluding hydrogens is 304 g/mol. The summed E-state index contributed by atoms with van der Waals surface area (Å²) in [6, 6.07) is 0. The number of nitrogens with zero attached hydrogens (tertiary/aromatic N) is 3. The van der Waals surface area contributed by atoms with Gasteiger partial charge < -0.3 is 5.32 Å². The van der Waals surface area contributed by atoms with Crippen LogP contribution in [-0.4, -0.2) is 48.9 Å². The lowest BCUT2D eigenvalue weighted by molar-refractivity contribution is 0.521. The molecule has 0 fully saturated rings. The number of hydrogen-bond acceptors (Lipinski definition) is 5. The SMILES string of the molecule is C=CCn1ncc(NCCS(=O)(=O)N(C)C)c(Cl)c1=O. The Balaban J connectivity index is 2.78. The van der Waals surface area contributed by atoms with Crippen molar-refractivity contribution in [2.45, 2.75) is 6.54 Å². The third-order valence-corrected chi connectivity index (χ3v) is 4.72. The van der Waals surface area contributed by atoms with Crippen LogP contribution in [0.2, 0.25) is 5.02 Å². The second-order valence-electron chi connectivity index (χ2n) is 4.17. The van der Waals surface area contributed by atoms with Crippen LogP contribution in [0, 0.1) is 0 Å². The predicted molar refractivity (Wildman–Crippen MR) is 79.7 cm³/mol. The van der Waals surface area contributed by atoms with E-state index in [1.54, 1.807) is 0 Å². The molecule has 0 bridgehead atoms. The number of allylic oxidation sites excluding steroid dienone is 1. The Morgan fingerprint density at radius 3 is 2.75 bits per heavy atom. The Morgan fingerprint density at radius 1 is 1.55 bits per heavy atom. The normalized spacial score (nSPS) is 11.6. The van der Waals surface area contributed by atoms with Gasteiger partial charge in [0.2, 0.25) is 10.0 Å². The Hall–Kier alpha value is -1.38. The molecule has 1 N–H and O–H groups in total. The first-order valence-electron chi connectivity index (χ1n) is 5.80. The highest BCUT2D eigenvalue weighted by atomic mass is 35.5. The zero-order chi connectivity index (χ0) is 15.3. The molecule has 0 atom stereocenters. The first-order valence-corrected chi connectivity index (χ1v) is 7.79. The van der Waals surface area contributed by atoms with E-state index in [4.69, 9.17) is 11.6 Å². The van der Waals surface area contributed by atoms with Gasteiger partial charge in [0, 0.05) is 20.6 Å². The van der Waals surface area contributed by atoms with Crippen molar-refractivity contribution < 1.29 is 8.42 Å². The summed E-state index contributed by atoms with van der Waals surface area (Å²) in [5.41, 5.74) is -0.141. The molecule has 0 aliphatic rings. The summed E-state index contributed by atoms with van der Waals surface area (Å²) in [6.07, 6.45) is 2.91. The molecule has 0 saturated heterocycles. The fourth-order valence-corrected chi connectivity index (χ4v) is 2.28. The van der Waals surface area contributed by atoms with E-state index >= 15 is 0 Å². The maximum absolute atomic E-state index is 11.8. The molecule has 1 rings (SSSR count). The minimum absolute atomic E-state index is 0.0240. The van der Waals surface area contributed by atoms with Crippen molar-refractivity contribution in [1.29, 1.82) is 0 Å². The Labute approximate surface area is 122 Å². The molecule has 9 heteroatoms. The molecule has 20 heavy (non-hydrogen) atoms. The van der Waals surface area contributed by atoms with Crippen molar-refractivity contribution in [3.8, 4) is 0 Å². The molecule has 1 aromatic rings. The number of nitrogens with one attached hydrogen (secondary N) is 1. The lowest BCUT2D eigenvalue weighted by atomic mass is 10.4. The summed E-state index contributed by atoms with van der Waals surface area (Å²) >= 11 is 5.92. The van der Waals surface area contributed by atoms with Gasteiger partial charge in [0.05, 0.1) is 24.2 Å². The number of hydrogen-bond donors (Lipinski definition) is 1. The molecule has 7 nitrogen and oxygen atoms in total. The molecule has 1 aromatic heterocycles. The zero-order valence-corrected chi connectivity index (χ0v) is 12.9. The standard InChI is InChI=1S/C11H17ClN4O3S/c1-4-6-16-11(17)10(12)9(8-14-16)13-5-7-20(18,19)15(2)3/h4,8,13H,1,5-7H2,2-3H3. The fraction of sp³-hybridized carbons (Fsp3) is 0.455. The third kappa shape index (κ3) is 4.06. The lowest BCUT2D eigenvalue weighted by Crippen LogP contribution is -2.29. The van der Waals surface area contributed by atoms with Crippen molar-refractivity contribution in [2.24, 2.45) is 0 Å². The number of rotatable bonds is 7. The van der Waals surface area contributed by atoms with E-state index in [0.29, 0.717) is 5.69 Å². The molecule has 0 radical (unpaired) electrons. The average Bonchev–Trinajstić information content (AvgIpc) is 2.37. The zero-order valence-electron chi connectivity index (χ0n) is 11.3. The largest absolute Gasteiger partial charge is 0.381 e. The quantitative estimate of drug-likeness (QED) is 0.735. The molecule has 0 aliphatic heterocycles. The van der Waals surface area contributed by atoms with Crippen LogP contribution in [-0.2, 0) is 16.6 Å². The van der Waals surface area contributed by atoms with E-state index in [9.17, 15) is 13.2 Å². The second kappa shape index (κ2) is 6.87. The van der Waals surface area contributed by atoms with Crippen LogP contribution in [0.1, 0.15) is 0 Å². The smallest absolute Gasteiger partial charge is 0.287 e. The van der Waals surface area contributed by atoms with Crippen LogP contribution >= 0.6 is 11.6 Å². The average molecular weight is 321 g/mol. The monoisotopic (exact) mass is 320 g/mol. The van der Waals surface area contributed by atoms with Crippen LogP contribution < -0.4 is 10.9 Å². The molecule has 1 heterocycles. The topological polar surface area (TPSA) is 84.3 Å². The van der Waals surface area contributed by atoms with Crippen LogP contribution in [0.4, 0.5) is 5.69 Å². The van der Waals surface area contributed by atoms with E-state index in [1.165, 1.54) is 26.4 Å². The van der Waals surface area contributed by atoms with Gasteiger partial charge >= 0.3 is 0 Å². The van der Waals surface area contributed by atoms with Gasteiger partial charge in [-0.1, -0.05) is 17.7 Å². The van der Waals surface area contributed by atoms with E-state index < -0.39 is 15.6 Å². The van der Waals surface area contributed by atoms with Crippen LogP contribution in [0.5, 0.6) is 0 Å². The van der Waals surface area contributed by atoms with Crippen LogP contribution in [0.15, 0.2) is 23.6 Å². The van der Waals surface area contributed by atoms with Crippen molar-refractivity contribution in [2.75, 3.05) is 31.7 Å². The highest BCUT2D eigenvalue weighted by molar-refractivity contribution is 7.89. The molecule has 0 unspecified atom stereocenters. The highest BCUT2D eigenvalue weighted by Gasteiger charge is 2.14. The summed E-state index contributed by atoms with van der Waals surface area (Å²) in [5.74, 6) is -0.105. The molecule has 0 saturated carbocycles. The summed E-state index contributed by atoms with van der Waals surface area (Å²) in [6.45, 7) is 3.90. The van der Waals surface area contributed by atoms with Gasteiger partial charge in [-0.2, -0.15) is 5.10 Å². The van der Waals surface area contributed by atoms with Gasteiger partial charge in [0.25, 0.3) is 5.56 Å². The van der Waals surface area contributed by atoms with Crippen molar-refractivity contribution >= 4 is 27.3 Å². The minimum atomic E-state index is -3.30. The van der Waals surface area contributed by atoms with Crippen molar-refractivity contribution in [3.05, 3.63) is 34.2 Å². The molecule has 0 aliphatic carbocycles. The maximum atomic E-state index is 11.8. The third-order valence-electron chi connectivity index (χ3n) is 2.52. The highest BCUT2D eigenvalue weighted by Crippen LogP contribution is 2.14. The number of sulfonamides is 1. The first kappa shape index (κ1) is 16.7. The Bertz CT molecular complexity index is 640. The second-order valence-corrected chi connectivity index (χ2v) is 6.85. The van der Waals surface area contributed by atoms with Crippen molar-refractivity contribution in [1.82, 2.24) is 14.1 Å². The Kier molecular flexibility index (Phi) is 5.73. The fourth-order valence-electron chi connectivity index (χ4n) is 1.34. The number of anilines is 1. The summed E-state index contributed by atoms with van der Waals surface area (Å²) in [5, 5.41) is 6.68. The number of aromatic nitrogens is 2. The van der Waals surface area contributed by atoms with Crippen LogP contribution in [0.25, 0.3) is 0 Å². The van der Waals surface area contributed by atoms with Crippen molar-refractivity contribution in [3.63, 3.8) is 0 Å². The maximum Gasteiger partial charge on any atom is 0.287 e. The van der Waals surface area contributed by atoms with Gasteiger partial charge in [-0.25, -0.2) is 17.4 Å². The van der Waals surface area contributed by atoms with Gasteiger partial charge in [0.15, 0.2) is 0 Å². The first-order chi connectivity index (χ1) is 9.29. The molecule has 112 valence electrons. The summed E-state index contributed by atoms with van der Waals surface area (Å²) in [4.78, 5) is 11.8. The summed E-state index contributed by atoms with van der Waals surface area (Å²) in [7, 11) is -0.380. The van der Waals surface area contributed by atoms with Gasteiger partial charge in [-0.15, -0.1) is 6.58 Å². The van der Waals surface area contributed by atoms with Crippen LogP contribution in [0.3, 0.4) is 0 Å². The molecule has 0 amide bonds. The van der Waals surface area contributed by atoms with E-state index in [0.717, 1.165) is 8.99 Å². The number of halogens is 1. The van der Waals surface area contributed by atoms with Gasteiger partial charge in [-0.05, 0) is 0 Å². The molecular formula is C11H17ClN4O3S. The molecule has 0 spiro atoms. The minimum Gasteiger partial charge on any atom is -0.381 e. The summed E-state index contributed by atoms with van der Waals surface area (Å²) < 4.78 is 25.4. The van der Waals surface area contributed by atoms with E-state index in [2.05, 4.69) is 17.0 Å². The van der Waals surface area contributed by atoms with Gasteiger partial charge in [0.1, 0.15) is 5.02 Å². The predicted octanol–water partition coefficient (Wildman–Crippen LogP) is 0.386. The molecule has 0 aromatic carbocycles.